The number of rotatable bonds is 6. The Morgan fingerprint density at radius 2 is 1.89 bits per heavy atom. The summed E-state index contributed by atoms with van der Waals surface area (Å²) in [5, 5.41) is 5.70. The number of hydrogen-bond acceptors (Lipinski definition) is 4. The molecule has 0 unspecified atom stereocenters. The summed E-state index contributed by atoms with van der Waals surface area (Å²) < 4.78 is 5.17. The van der Waals surface area contributed by atoms with Gasteiger partial charge in [0.25, 0.3) is 5.91 Å². The maximum atomic E-state index is 12.7. The molecule has 0 radical (unpaired) electrons. The molecule has 1 fully saturated rings. The molecular formula is C21H26ClN3O3. The van der Waals surface area contributed by atoms with Gasteiger partial charge in [-0.2, -0.15) is 0 Å². The van der Waals surface area contributed by atoms with E-state index in [1.807, 2.05) is 0 Å². The Morgan fingerprint density at radius 3 is 2.61 bits per heavy atom. The molecule has 2 atom stereocenters. The van der Waals surface area contributed by atoms with Crippen LogP contribution in [0.25, 0.3) is 0 Å². The van der Waals surface area contributed by atoms with Gasteiger partial charge in [-0.15, -0.1) is 12.4 Å². The summed E-state index contributed by atoms with van der Waals surface area (Å²) >= 11 is 0. The van der Waals surface area contributed by atoms with Gasteiger partial charge in [-0.1, -0.05) is 24.6 Å². The van der Waals surface area contributed by atoms with Gasteiger partial charge in [0.1, 0.15) is 5.75 Å². The number of carbonyl (C=O) groups is 2. The van der Waals surface area contributed by atoms with Gasteiger partial charge in [0.15, 0.2) is 0 Å². The molecule has 6 nitrogen and oxygen atoms in total. The molecule has 0 bridgehead atoms. The molecule has 28 heavy (non-hydrogen) atoms. The van der Waals surface area contributed by atoms with Gasteiger partial charge in [-0.3, -0.25) is 9.59 Å². The minimum Gasteiger partial charge on any atom is -0.497 e. The van der Waals surface area contributed by atoms with Gasteiger partial charge < -0.3 is 21.1 Å². The van der Waals surface area contributed by atoms with Crippen LogP contribution in [-0.4, -0.2) is 25.0 Å². The van der Waals surface area contributed by atoms with E-state index in [4.69, 9.17) is 10.5 Å². The minimum atomic E-state index is -0.295. The van der Waals surface area contributed by atoms with Crippen molar-refractivity contribution in [2.24, 2.45) is 11.7 Å². The Labute approximate surface area is 171 Å². The molecule has 0 spiro atoms. The quantitative estimate of drug-likeness (QED) is 0.683. The zero-order chi connectivity index (χ0) is 19.2. The van der Waals surface area contributed by atoms with E-state index in [2.05, 4.69) is 10.6 Å². The highest BCUT2D eigenvalue weighted by Crippen LogP contribution is 2.27. The number of amides is 2. The molecule has 2 amide bonds. The summed E-state index contributed by atoms with van der Waals surface area (Å²) in [5.41, 5.74) is 7.58. The highest BCUT2D eigenvalue weighted by Gasteiger charge is 2.26. The largest absolute Gasteiger partial charge is 0.497 e. The van der Waals surface area contributed by atoms with Crippen molar-refractivity contribution in [3.05, 3.63) is 54.1 Å². The molecule has 0 saturated heterocycles. The number of ether oxygens (including phenoxy) is 1. The number of nitrogens with two attached hydrogens (primary N) is 1. The van der Waals surface area contributed by atoms with Crippen molar-refractivity contribution >= 4 is 35.6 Å². The number of anilines is 2. The lowest BCUT2D eigenvalue weighted by molar-refractivity contribution is -0.117. The second kappa shape index (κ2) is 10.1. The van der Waals surface area contributed by atoms with Crippen LogP contribution in [0.4, 0.5) is 11.4 Å². The van der Waals surface area contributed by atoms with Crippen molar-refractivity contribution in [2.75, 3.05) is 17.7 Å². The molecule has 0 heterocycles. The molecule has 0 aromatic heterocycles. The lowest BCUT2D eigenvalue weighted by atomic mass is 9.99. The van der Waals surface area contributed by atoms with Gasteiger partial charge in [0.2, 0.25) is 5.91 Å². The first kappa shape index (κ1) is 21.7. The fourth-order valence-electron chi connectivity index (χ4n) is 3.45. The Hall–Kier alpha value is -2.57. The highest BCUT2D eigenvalue weighted by atomic mass is 35.5. The molecular weight excluding hydrogens is 378 g/mol. The fourth-order valence-corrected chi connectivity index (χ4v) is 3.45. The van der Waals surface area contributed by atoms with E-state index in [1.165, 1.54) is 0 Å². The smallest absolute Gasteiger partial charge is 0.257 e. The lowest BCUT2D eigenvalue weighted by Crippen LogP contribution is -2.28. The van der Waals surface area contributed by atoms with E-state index in [0.29, 0.717) is 29.1 Å². The third kappa shape index (κ3) is 5.47. The SMILES string of the molecule is COc1cccc(NC(=O)c2ccccc2NC(=O)C[C@@H]2CCC[C@H]2N)c1.Cl. The van der Waals surface area contributed by atoms with Crippen molar-refractivity contribution in [3.63, 3.8) is 0 Å². The van der Waals surface area contributed by atoms with Crippen molar-refractivity contribution in [2.45, 2.75) is 31.7 Å². The van der Waals surface area contributed by atoms with E-state index < -0.39 is 0 Å². The van der Waals surface area contributed by atoms with Gasteiger partial charge in [0.05, 0.1) is 18.4 Å². The predicted octanol–water partition coefficient (Wildman–Crippen LogP) is 3.83. The van der Waals surface area contributed by atoms with E-state index in [9.17, 15) is 9.59 Å². The van der Waals surface area contributed by atoms with Crippen LogP contribution in [0, 0.1) is 5.92 Å². The first-order chi connectivity index (χ1) is 13.1. The van der Waals surface area contributed by atoms with E-state index >= 15 is 0 Å². The standard InChI is InChI=1S/C21H25N3O3.ClH/c1-27-16-8-5-7-15(13-16)23-21(26)17-9-2-3-11-19(17)24-20(25)12-14-6-4-10-18(14)22;/h2-3,5,7-9,11,13-14,18H,4,6,10,12,22H2,1H3,(H,23,26)(H,24,25);1H/t14-,18+;/m0./s1. The maximum Gasteiger partial charge on any atom is 0.257 e. The number of nitrogens with one attached hydrogen (secondary N) is 2. The Kier molecular flexibility index (Phi) is 7.84. The molecule has 1 saturated carbocycles. The molecule has 3 rings (SSSR count). The van der Waals surface area contributed by atoms with Crippen molar-refractivity contribution in [1.82, 2.24) is 0 Å². The van der Waals surface area contributed by atoms with Crippen molar-refractivity contribution < 1.29 is 14.3 Å². The summed E-state index contributed by atoms with van der Waals surface area (Å²) in [6.07, 6.45) is 3.40. The second-order valence-electron chi connectivity index (χ2n) is 6.84. The van der Waals surface area contributed by atoms with E-state index in [-0.39, 0.29) is 36.2 Å². The number of methoxy groups -OCH3 is 1. The molecule has 2 aromatic carbocycles. The zero-order valence-corrected chi connectivity index (χ0v) is 16.6. The Bertz CT molecular complexity index is 828. The molecule has 4 N–H and O–H groups in total. The highest BCUT2D eigenvalue weighted by molar-refractivity contribution is 6.10. The third-order valence-corrected chi connectivity index (χ3v) is 4.94. The summed E-state index contributed by atoms with van der Waals surface area (Å²) in [4.78, 5) is 25.1. The zero-order valence-electron chi connectivity index (χ0n) is 15.8. The molecule has 2 aromatic rings. The molecule has 1 aliphatic carbocycles. The number of carbonyl (C=O) groups excluding carboxylic acids is 2. The topological polar surface area (TPSA) is 93.5 Å². The van der Waals surface area contributed by atoms with Crippen molar-refractivity contribution in [3.8, 4) is 5.75 Å². The minimum absolute atomic E-state index is 0. The average molecular weight is 404 g/mol. The van der Waals surface area contributed by atoms with Gasteiger partial charge in [-0.25, -0.2) is 0 Å². The maximum absolute atomic E-state index is 12.7. The number of benzene rings is 2. The third-order valence-electron chi connectivity index (χ3n) is 4.94. The Morgan fingerprint density at radius 1 is 1.11 bits per heavy atom. The van der Waals surface area contributed by atoms with Crippen LogP contribution >= 0.6 is 12.4 Å². The van der Waals surface area contributed by atoms with Crippen LogP contribution in [0.15, 0.2) is 48.5 Å². The van der Waals surface area contributed by atoms with Crippen molar-refractivity contribution in [1.29, 1.82) is 0 Å². The Balaban J connectivity index is 0.00000280. The monoisotopic (exact) mass is 403 g/mol. The van der Waals surface area contributed by atoms with Gasteiger partial charge in [0, 0.05) is 24.2 Å². The van der Waals surface area contributed by atoms with Gasteiger partial charge in [-0.05, 0) is 43.0 Å². The predicted molar refractivity (Wildman–Crippen MR) is 113 cm³/mol. The summed E-state index contributed by atoms with van der Waals surface area (Å²) in [7, 11) is 1.57. The van der Waals surface area contributed by atoms with Crippen LogP contribution in [0.3, 0.4) is 0 Å². The van der Waals surface area contributed by atoms with Gasteiger partial charge >= 0.3 is 0 Å². The molecule has 0 aliphatic heterocycles. The molecule has 150 valence electrons. The fraction of sp³-hybridized carbons (Fsp3) is 0.333. The van der Waals surface area contributed by atoms with E-state index in [0.717, 1.165) is 19.3 Å². The first-order valence-electron chi connectivity index (χ1n) is 9.16. The van der Waals surface area contributed by atoms with Crippen LogP contribution in [0.5, 0.6) is 5.75 Å². The summed E-state index contributed by atoms with van der Waals surface area (Å²) in [6, 6.07) is 14.2. The number of hydrogen-bond donors (Lipinski definition) is 3. The number of halogens is 1. The normalized spacial score (nSPS) is 18.1. The lowest BCUT2D eigenvalue weighted by Gasteiger charge is -2.16. The average Bonchev–Trinajstić information content (AvgIpc) is 3.06. The first-order valence-corrected chi connectivity index (χ1v) is 9.16. The number of para-hydroxylation sites is 1. The van der Waals surface area contributed by atoms with Crippen LogP contribution in [0.2, 0.25) is 0 Å². The van der Waals surface area contributed by atoms with E-state index in [1.54, 1.807) is 55.6 Å². The summed E-state index contributed by atoms with van der Waals surface area (Å²) in [6.45, 7) is 0. The van der Waals surface area contributed by atoms with Crippen LogP contribution in [-0.2, 0) is 4.79 Å². The second-order valence-corrected chi connectivity index (χ2v) is 6.84. The molecule has 1 aliphatic rings. The summed E-state index contributed by atoms with van der Waals surface area (Å²) in [5.74, 6) is 0.459. The van der Waals surface area contributed by atoms with Crippen LogP contribution < -0.4 is 21.1 Å². The molecule has 7 heteroatoms. The van der Waals surface area contributed by atoms with Crippen LogP contribution in [0.1, 0.15) is 36.0 Å².